The zero-order chi connectivity index (χ0) is 14.3. The molecular weight excluding hydrogens is 288 g/mol. The highest BCUT2D eigenvalue weighted by Gasteiger charge is 2.67. The minimum atomic E-state index is -0.00849. The van der Waals surface area contributed by atoms with Crippen molar-refractivity contribution >= 4 is 0 Å². The van der Waals surface area contributed by atoms with E-state index < -0.39 is 0 Å². The van der Waals surface area contributed by atoms with E-state index in [1.807, 2.05) is 0 Å². The van der Waals surface area contributed by atoms with Gasteiger partial charge >= 0.3 is 0 Å². The molecule has 122 valence electrons. The summed E-state index contributed by atoms with van der Waals surface area (Å²) in [7, 11) is 0. The molecule has 0 aromatic carbocycles. The molecule has 0 amide bonds. The van der Waals surface area contributed by atoms with Gasteiger partial charge in [-0.05, 0) is 25.7 Å². The van der Waals surface area contributed by atoms with Crippen LogP contribution in [0.1, 0.15) is 25.7 Å². The number of rotatable bonds is 1. The van der Waals surface area contributed by atoms with Crippen LogP contribution in [-0.4, -0.2) is 74.3 Å². The number of fused-ring (bicyclic) bond motifs is 6. The van der Waals surface area contributed by atoms with E-state index >= 15 is 0 Å². The summed E-state index contributed by atoms with van der Waals surface area (Å²) >= 11 is 0. The standard InChI is InChI=1S/C16H22O6/c1-3-7-9(17-5-1)11-15(21-11)13(19-7)14-16-12(22-16)10-8(20-14)4-2-6-18-10/h7-16H,1-6H2/t7-,8-,9-,10-,11-,12+,13-,14+,15+,16-/m0/s1. The van der Waals surface area contributed by atoms with Crippen molar-refractivity contribution in [2.45, 2.75) is 86.7 Å². The average Bonchev–Trinajstić information content (AvgIpc) is 3.46. The lowest BCUT2D eigenvalue weighted by Gasteiger charge is -2.42. The predicted octanol–water partition coefficient (Wildman–Crippen LogP) is 0.414. The molecule has 0 aliphatic carbocycles. The molecule has 0 N–H and O–H groups in total. The molecule has 0 radical (unpaired) electrons. The first-order valence-corrected chi connectivity index (χ1v) is 8.75. The van der Waals surface area contributed by atoms with Crippen LogP contribution in [0.25, 0.3) is 0 Å². The lowest BCUT2D eigenvalue weighted by molar-refractivity contribution is -0.215. The second-order valence-corrected chi connectivity index (χ2v) is 7.36. The number of hydrogen-bond donors (Lipinski definition) is 0. The molecule has 0 unspecified atom stereocenters. The maximum absolute atomic E-state index is 6.36. The summed E-state index contributed by atoms with van der Waals surface area (Å²) in [6.45, 7) is 1.66. The van der Waals surface area contributed by atoms with Crippen LogP contribution >= 0.6 is 0 Å². The zero-order valence-corrected chi connectivity index (χ0v) is 12.5. The maximum atomic E-state index is 6.36. The van der Waals surface area contributed by atoms with Gasteiger partial charge in [0.25, 0.3) is 0 Å². The van der Waals surface area contributed by atoms with Crippen molar-refractivity contribution in [1.29, 1.82) is 0 Å². The largest absolute Gasteiger partial charge is 0.373 e. The Morgan fingerprint density at radius 3 is 1.36 bits per heavy atom. The molecule has 6 heteroatoms. The highest BCUT2D eigenvalue weighted by atomic mass is 16.7. The van der Waals surface area contributed by atoms with Crippen molar-refractivity contribution in [3.8, 4) is 0 Å². The average molecular weight is 310 g/mol. The molecule has 6 rings (SSSR count). The van der Waals surface area contributed by atoms with Crippen LogP contribution in [0.5, 0.6) is 0 Å². The fourth-order valence-corrected chi connectivity index (χ4v) is 4.87. The Morgan fingerprint density at radius 2 is 0.864 bits per heavy atom. The second-order valence-electron chi connectivity index (χ2n) is 7.36. The SMILES string of the molecule is C1CO[C@@H]2[C@@H]3O[C@H]3[C@H]([C@H]3O[C@H]4CCCO[C@@H]4[C@H]4O[C@H]34)O[C@H]2C1. The predicted molar refractivity (Wildman–Crippen MR) is 72.6 cm³/mol. The number of hydrogen-bond acceptors (Lipinski definition) is 6. The topological polar surface area (TPSA) is 62.0 Å². The minimum Gasteiger partial charge on any atom is -0.373 e. The molecular formula is C16H22O6. The lowest BCUT2D eigenvalue weighted by Crippen LogP contribution is -2.58. The summed E-state index contributed by atoms with van der Waals surface area (Å²) in [5, 5.41) is 0. The molecule has 10 atom stereocenters. The molecule has 6 fully saturated rings. The molecule has 6 saturated heterocycles. The van der Waals surface area contributed by atoms with Crippen LogP contribution in [0.3, 0.4) is 0 Å². The third-order valence-corrected chi connectivity index (χ3v) is 6.03. The van der Waals surface area contributed by atoms with Gasteiger partial charge < -0.3 is 28.4 Å². The molecule has 6 aliphatic rings. The van der Waals surface area contributed by atoms with Crippen LogP contribution in [-0.2, 0) is 28.4 Å². The smallest absolute Gasteiger partial charge is 0.116 e. The lowest BCUT2D eigenvalue weighted by atomic mass is 9.89. The molecule has 0 saturated carbocycles. The highest BCUT2D eigenvalue weighted by molar-refractivity contribution is 5.14. The Balaban J connectivity index is 1.22. The summed E-state index contributed by atoms with van der Waals surface area (Å²) in [4.78, 5) is 0. The summed E-state index contributed by atoms with van der Waals surface area (Å²) in [6.07, 6.45) is 5.44. The van der Waals surface area contributed by atoms with E-state index in [4.69, 9.17) is 28.4 Å². The molecule has 0 aromatic rings. The molecule has 6 nitrogen and oxygen atoms in total. The first-order chi connectivity index (χ1) is 10.9. The van der Waals surface area contributed by atoms with E-state index in [9.17, 15) is 0 Å². The van der Waals surface area contributed by atoms with Gasteiger partial charge in [-0.1, -0.05) is 0 Å². The van der Waals surface area contributed by atoms with Gasteiger partial charge in [-0.25, -0.2) is 0 Å². The van der Waals surface area contributed by atoms with Crippen molar-refractivity contribution in [2.24, 2.45) is 0 Å². The van der Waals surface area contributed by atoms with Gasteiger partial charge in [0.05, 0.1) is 12.2 Å². The Bertz CT molecular complexity index is 430. The quantitative estimate of drug-likeness (QED) is 0.654. The minimum absolute atomic E-state index is 0.00849. The van der Waals surface area contributed by atoms with Gasteiger partial charge in [0, 0.05) is 13.2 Å². The Labute approximate surface area is 129 Å². The molecule has 0 spiro atoms. The van der Waals surface area contributed by atoms with Gasteiger partial charge in [0.15, 0.2) is 0 Å². The van der Waals surface area contributed by atoms with Crippen LogP contribution in [0.15, 0.2) is 0 Å². The zero-order valence-electron chi connectivity index (χ0n) is 12.5. The third-order valence-electron chi connectivity index (χ3n) is 6.03. The van der Waals surface area contributed by atoms with E-state index in [1.54, 1.807) is 0 Å². The molecule has 0 aromatic heterocycles. The number of epoxide rings is 2. The molecule has 22 heavy (non-hydrogen) atoms. The molecule has 0 bridgehead atoms. The van der Waals surface area contributed by atoms with E-state index in [-0.39, 0.29) is 61.0 Å². The van der Waals surface area contributed by atoms with Crippen molar-refractivity contribution in [1.82, 2.24) is 0 Å². The van der Waals surface area contributed by atoms with Crippen molar-refractivity contribution < 1.29 is 28.4 Å². The molecule has 6 heterocycles. The first kappa shape index (κ1) is 13.1. The maximum Gasteiger partial charge on any atom is 0.116 e. The summed E-state index contributed by atoms with van der Waals surface area (Å²) in [6, 6.07) is 0. The van der Waals surface area contributed by atoms with Gasteiger partial charge in [-0.2, -0.15) is 0 Å². The van der Waals surface area contributed by atoms with Crippen molar-refractivity contribution in [3.05, 3.63) is 0 Å². The van der Waals surface area contributed by atoms with Gasteiger partial charge in [0.2, 0.25) is 0 Å². The summed E-state index contributed by atoms with van der Waals surface area (Å²) < 4.78 is 36.2. The Kier molecular flexibility index (Phi) is 2.77. The second kappa shape index (κ2) is 4.65. The van der Waals surface area contributed by atoms with Gasteiger partial charge in [0.1, 0.15) is 48.8 Å². The van der Waals surface area contributed by atoms with E-state index in [2.05, 4.69) is 0 Å². The fourth-order valence-electron chi connectivity index (χ4n) is 4.87. The van der Waals surface area contributed by atoms with Crippen LogP contribution < -0.4 is 0 Å². The van der Waals surface area contributed by atoms with Crippen molar-refractivity contribution in [2.75, 3.05) is 13.2 Å². The third kappa shape index (κ3) is 1.82. The monoisotopic (exact) mass is 310 g/mol. The fraction of sp³-hybridized carbons (Fsp3) is 1.00. The van der Waals surface area contributed by atoms with E-state index in [1.165, 1.54) is 0 Å². The van der Waals surface area contributed by atoms with Crippen LogP contribution in [0, 0.1) is 0 Å². The highest BCUT2D eigenvalue weighted by Crippen LogP contribution is 2.49. The van der Waals surface area contributed by atoms with E-state index in [0.717, 1.165) is 38.9 Å². The van der Waals surface area contributed by atoms with Crippen LogP contribution in [0.2, 0.25) is 0 Å². The Hall–Kier alpha value is -0.240. The van der Waals surface area contributed by atoms with Gasteiger partial charge in [-0.3, -0.25) is 0 Å². The molecule has 6 aliphatic heterocycles. The van der Waals surface area contributed by atoms with Crippen molar-refractivity contribution in [3.63, 3.8) is 0 Å². The Morgan fingerprint density at radius 1 is 0.455 bits per heavy atom. The van der Waals surface area contributed by atoms with E-state index in [0.29, 0.717) is 0 Å². The summed E-state index contributed by atoms with van der Waals surface area (Å²) in [5.41, 5.74) is 0. The van der Waals surface area contributed by atoms with Gasteiger partial charge in [-0.15, -0.1) is 0 Å². The normalized spacial score (nSPS) is 62.2. The van der Waals surface area contributed by atoms with Crippen LogP contribution in [0.4, 0.5) is 0 Å². The first-order valence-electron chi connectivity index (χ1n) is 8.75. The summed E-state index contributed by atoms with van der Waals surface area (Å²) in [5.74, 6) is 0. The number of ether oxygens (including phenoxy) is 6.